The molecule has 0 atom stereocenters. The highest BCUT2D eigenvalue weighted by Gasteiger charge is 2.09. The summed E-state index contributed by atoms with van der Waals surface area (Å²) in [5, 5.41) is 14.2. The maximum atomic E-state index is 11.9. The second-order valence-electron chi connectivity index (χ2n) is 3.67. The van der Waals surface area contributed by atoms with Gasteiger partial charge in [0.2, 0.25) is 0 Å². The van der Waals surface area contributed by atoms with E-state index in [9.17, 15) is 4.79 Å². The molecule has 2 aromatic rings. The molecular formula is C11H12IN5O. The number of hydrogen-bond acceptors (Lipinski definition) is 4. The summed E-state index contributed by atoms with van der Waals surface area (Å²) in [6, 6.07) is 7.26. The van der Waals surface area contributed by atoms with E-state index in [1.54, 1.807) is 12.1 Å². The standard InChI is InChI=1S/C11H12IN5O/c1-2-7-17-15-11(14-16-17)13-10(18)8-3-5-9(12)6-4-8/h3-6H,2,7H2,1H3,(H,13,15,18). The Balaban J connectivity index is 2.04. The quantitative estimate of drug-likeness (QED) is 0.849. The third-order valence-electron chi connectivity index (χ3n) is 2.21. The van der Waals surface area contributed by atoms with E-state index in [-0.39, 0.29) is 11.9 Å². The molecule has 7 heteroatoms. The van der Waals surface area contributed by atoms with Crippen LogP contribution in [0.25, 0.3) is 0 Å². The van der Waals surface area contributed by atoms with E-state index in [2.05, 4.69) is 43.3 Å². The molecule has 0 saturated carbocycles. The molecule has 1 aromatic heterocycles. The van der Waals surface area contributed by atoms with Crippen molar-refractivity contribution in [1.29, 1.82) is 0 Å². The molecule has 0 fully saturated rings. The highest BCUT2D eigenvalue weighted by atomic mass is 127. The number of halogens is 1. The zero-order valence-electron chi connectivity index (χ0n) is 9.80. The van der Waals surface area contributed by atoms with Crippen molar-refractivity contribution in [3.05, 3.63) is 33.4 Å². The number of tetrazole rings is 1. The number of rotatable bonds is 4. The molecule has 94 valence electrons. The van der Waals surface area contributed by atoms with Crippen LogP contribution in [0.2, 0.25) is 0 Å². The largest absolute Gasteiger partial charge is 0.288 e. The summed E-state index contributed by atoms with van der Waals surface area (Å²) >= 11 is 2.19. The minimum Gasteiger partial charge on any atom is -0.288 e. The molecule has 1 heterocycles. The number of aromatic nitrogens is 4. The first kappa shape index (κ1) is 12.9. The first-order chi connectivity index (χ1) is 8.69. The number of carbonyl (C=O) groups is 1. The van der Waals surface area contributed by atoms with Crippen molar-refractivity contribution < 1.29 is 4.79 Å². The molecular weight excluding hydrogens is 345 g/mol. The van der Waals surface area contributed by atoms with E-state index < -0.39 is 0 Å². The maximum Gasteiger partial charge on any atom is 0.270 e. The fourth-order valence-electron chi connectivity index (χ4n) is 1.36. The van der Waals surface area contributed by atoms with Gasteiger partial charge < -0.3 is 0 Å². The molecule has 0 radical (unpaired) electrons. The van der Waals surface area contributed by atoms with Gasteiger partial charge >= 0.3 is 0 Å². The van der Waals surface area contributed by atoms with Crippen LogP contribution in [-0.4, -0.2) is 26.1 Å². The second kappa shape index (κ2) is 5.89. The SMILES string of the molecule is CCCn1nnc(NC(=O)c2ccc(I)cc2)n1. The van der Waals surface area contributed by atoms with Crippen molar-refractivity contribution >= 4 is 34.4 Å². The Morgan fingerprint density at radius 1 is 1.39 bits per heavy atom. The Morgan fingerprint density at radius 3 is 2.78 bits per heavy atom. The van der Waals surface area contributed by atoms with Crippen molar-refractivity contribution in [2.24, 2.45) is 0 Å². The number of nitrogens with one attached hydrogen (secondary N) is 1. The van der Waals surface area contributed by atoms with Gasteiger partial charge in [0.05, 0.1) is 6.54 Å². The number of amides is 1. The molecule has 2 rings (SSSR count). The van der Waals surface area contributed by atoms with Crippen LogP contribution in [0.4, 0.5) is 5.95 Å². The van der Waals surface area contributed by atoms with Crippen LogP contribution in [0.5, 0.6) is 0 Å². The maximum absolute atomic E-state index is 11.9. The smallest absolute Gasteiger partial charge is 0.270 e. The molecule has 0 aliphatic carbocycles. The lowest BCUT2D eigenvalue weighted by Gasteiger charge is -2.00. The van der Waals surface area contributed by atoms with Gasteiger partial charge in [-0.05, 0) is 58.5 Å². The van der Waals surface area contributed by atoms with Gasteiger partial charge in [0.15, 0.2) is 0 Å². The lowest BCUT2D eigenvalue weighted by Crippen LogP contribution is -2.13. The minimum absolute atomic E-state index is 0.229. The van der Waals surface area contributed by atoms with Crippen LogP contribution in [0.1, 0.15) is 23.7 Å². The van der Waals surface area contributed by atoms with Gasteiger partial charge in [-0.15, -0.1) is 5.10 Å². The summed E-state index contributed by atoms with van der Waals surface area (Å²) in [7, 11) is 0. The van der Waals surface area contributed by atoms with Crippen LogP contribution in [0, 0.1) is 3.57 Å². The first-order valence-electron chi connectivity index (χ1n) is 5.54. The van der Waals surface area contributed by atoms with Gasteiger partial charge in [-0.25, -0.2) is 0 Å². The second-order valence-corrected chi connectivity index (χ2v) is 4.92. The molecule has 0 aliphatic rings. The van der Waals surface area contributed by atoms with E-state index in [4.69, 9.17) is 0 Å². The van der Waals surface area contributed by atoms with Gasteiger partial charge in [-0.1, -0.05) is 12.0 Å². The molecule has 1 amide bonds. The Morgan fingerprint density at radius 2 is 2.11 bits per heavy atom. The summed E-state index contributed by atoms with van der Waals surface area (Å²) in [6.45, 7) is 2.71. The highest BCUT2D eigenvalue weighted by molar-refractivity contribution is 14.1. The van der Waals surface area contributed by atoms with Crippen LogP contribution in [0.15, 0.2) is 24.3 Å². The van der Waals surface area contributed by atoms with Gasteiger partial charge in [0.1, 0.15) is 0 Å². The van der Waals surface area contributed by atoms with Crippen LogP contribution in [-0.2, 0) is 6.54 Å². The lowest BCUT2D eigenvalue weighted by atomic mass is 10.2. The molecule has 0 unspecified atom stereocenters. The number of aryl methyl sites for hydroxylation is 1. The predicted molar refractivity (Wildman–Crippen MR) is 75.2 cm³/mol. The molecule has 0 spiro atoms. The van der Waals surface area contributed by atoms with Crippen molar-refractivity contribution in [2.45, 2.75) is 19.9 Å². The summed E-state index contributed by atoms with van der Waals surface area (Å²) in [4.78, 5) is 13.3. The van der Waals surface area contributed by atoms with Crippen LogP contribution >= 0.6 is 22.6 Å². The Hall–Kier alpha value is -1.51. The Labute approximate surface area is 118 Å². The Bertz CT molecular complexity index is 537. The topological polar surface area (TPSA) is 72.7 Å². The van der Waals surface area contributed by atoms with E-state index in [0.717, 1.165) is 9.99 Å². The lowest BCUT2D eigenvalue weighted by molar-refractivity contribution is 0.102. The Kier molecular flexibility index (Phi) is 4.24. The van der Waals surface area contributed by atoms with E-state index in [1.807, 2.05) is 19.1 Å². The van der Waals surface area contributed by atoms with Crippen molar-refractivity contribution in [1.82, 2.24) is 20.2 Å². The van der Waals surface area contributed by atoms with E-state index >= 15 is 0 Å². The fourth-order valence-corrected chi connectivity index (χ4v) is 1.72. The molecule has 0 saturated heterocycles. The monoisotopic (exact) mass is 357 g/mol. The molecule has 18 heavy (non-hydrogen) atoms. The van der Waals surface area contributed by atoms with Crippen molar-refractivity contribution in [3.8, 4) is 0 Å². The zero-order valence-corrected chi connectivity index (χ0v) is 12.0. The average molecular weight is 357 g/mol. The van der Waals surface area contributed by atoms with Gasteiger partial charge in [-0.2, -0.15) is 4.80 Å². The normalized spacial score (nSPS) is 10.3. The highest BCUT2D eigenvalue weighted by Crippen LogP contribution is 2.08. The number of carbonyl (C=O) groups excluding carboxylic acids is 1. The number of nitrogens with zero attached hydrogens (tertiary/aromatic N) is 4. The fraction of sp³-hybridized carbons (Fsp3) is 0.273. The van der Waals surface area contributed by atoms with Crippen molar-refractivity contribution in [2.75, 3.05) is 5.32 Å². The summed E-state index contributed by atoms with van der Waals surface area (Å²) < 4.78 is 1.08. The average Bonchev–Trinajstić information content (AvgIpc) is 2.78. The third kappa shape index (κ3) is 3.25. The summed E-state index contributed by atoms with van der Waals surface area (Å²) in [5.74, 6) is -0.00514. The van der Waals surface area contributed by atoms with E-state index in [1.165, 1.54) is 4.80 Å². The molecule has 0 bridgehead atoms. The minimum atomic E-state index is -0.234. The first-order valence-corrected chi connectivity index (χ1v) is 6.61. The number of benzene rings is 1. The predicted octanol–water partition coefficient (Wildman–Crippen LogP) is 1.94. The zero-order chi connectivity index (χ0) is 13.0. The molecule has 0 aliphatic heterocycles. The van der Waals surface area contributed by atoms with Crippen LogP contribution in [0.3, 0.4) is 0 Å². The van der Waals surface area contributed by atoms with E-state index in [0.29, 0.717) is 12.1 Å². The molecule has 6 nitrogen and oxygen atoms in total. The van der Waals surface area contributed by atoms with Gasteiger partial charge in [0.25, 0.3) is 11.9 Å². The molecule has 1 N–H and O–H groups in total. The summed E-state index contributed by atoms with van der Waals surface area (Å²) in [6.07, 6.45) is 0.918. The van der Waals surface area contributed by atoms with Crippen molar-refractivity contribution in [3.63, 3.8) is 0 Å². The summed E-state index contributed by atoms with van der Waals surface area (Å²) in [5.41, 5.74) is 0.572. The third-order valence-corrected chi connectivity index (χ3v) is 2.93. The number of anilines is 1. The molecule has 1 aromatic carbocycles. The van der Waals surface area contributed by atoms with Crippen LogP contribution < -0.4 is 5.32 Å². The number of hydrogen-bond donors (Lipinski definition) is 1. The van der Waals surface area contributed by atoms with Gasteiger partial charge in [0, 0.05) is 9.13 Å². The van der Waals surface area contributed by atoms with Gasteiger partial charge in [-0.3, -0.25) is 10.1 Å².